The highest BCUT2D eigenvalue weighted by Gasteiger charge is 2.18. The summed E-state index contributed by atoms with van der Waals surface area (Å²) in [6, 6.07) is 10.3. The maximum Gasteiger partial charge on any atom is 0.134 e. The second kappa shape index (κ2) is 6.41. The first-order valence-corrected chi connectivity index (χ1v) is 7.44. The first-order valence-electron chi connectivity index (χ1n) is 7.44. The molecule has 1 unspecified atom stereocenters. The van der Waals surface area contributed by atoms with Gasteiger partial charge in [0.2, 0.25) is 0 Å². The number of nitrogens with zero attached hydrogens (tertiary/aromatic N) is 1. The second-order valence-electron chi connectivity index (χ2n) is 5.82. The van der Waals surface area contributed by atoms with Crippen LogP contribution in [0.3, 0.4) is 0 Å². The zero-order valence-electron chi connectivity index (χ0n) is 12.3. The van der Waals surface area contributed by atoms with Crippen molar-refractivity contribution in [3.8, 4) is 11.3 Å². The molecule has 1 fully saturated rings. The molecule has 3 nitrogen and oxygen atoms in total. The molecule has 1 atom stereocenters. The molecule has 2 aromatic rings. The highest BCUT2D eigenvalue weighted by molar-refractivity contribution is 5.57. The van der Waals surface area contributed by atoms with Crippen molar-refractivity contribution in [2.45, 2.75) is 13.0 Å². The van der Waals surface area contributed by atoms with E-state index in [1.807, 2.05) is 12.1 Å². The predicted octanol–water partition coefficient (Wildman–Crippen LogP) is 3.13. The van der Waals surface area contributed by atoms with Crippen molar-refractivity contribution in [2.75, 3.05) is 26.7 Å². The maximum atomic E-state index is 12.9. The first-order chi connectivity index (χ1) is 10.2. The fourth-order valence-corrected chi connectivity index (χ4v) is 2.83. The number of hydrogen-bond donors (Lipinski definition) is 1. The van der Waals surface area contributed by atoms with Crippen molar-refractivity contribution in [3.05, 3.63) is 48.0 Å². The molecule has 0 spiro atoms. The Labute approximate surface area is 124 Å². The lowest BCUT2D eigenvalue weighted by molar-refractivity contribution is 0.384. The first kappa shape index (κ1) is 14.3. The Kier molecular flexibility index (Phi) is 4.36. The van der Waals surface area contributed by atoms with E-state index < -0.39 is 0 Å². The molecular formula is C17H21FN2O. The van der Waals surface area contributed by atoms with Gasteiger partial charge in [-0.05, 0) is 68.9 Å². The predicted molar refractivity (Wildman–Crippen MR) is 81.4 cm³/mol. The molecule has 0 saturated carbocycles. The molecule has 1 N–H and O–H groups in total. The third-order valence-corrected chi connectivity index (χ3v) is 4.01. The molecule has 0 bridgehead atoms. The molecule has 21 heavy (non-hydrogen) atoms. The largest absolute Gasteiger partial charge is 0.460 e. The van der Waals surface area contributed by atoms with Crippen LogP contribution in [0.5, 0.6) is 0 Å². The minimum atomic E-state index is -0.228. The summed E-state index contributed by atoms with van der Waals surface area (Å²) in [5, 5.41) is 3.46. The van der Waals surface area contributed by atoms with Crippen molar-refractivity contribution in [1.29, 1.82) is 0 Å². The van der Waals surface area contributed by atoms with Gasteiger partial charge < -0.3 is 14.6 Å². The number of benzene rings is 1. The Morgan fingerprint density at radius 2 is 2.05 bits per heavy atom. The van der Waals surface area contributed by atoms with Gasteiger partial charge in [-0.2, -0.15) is 0 Å². The molecule has 0 aliphatic carbocycles. The molecule has 0 amide bonds. The van der Waals surface area contributed by atoms with E-state index in [1.165, 1.54) is 31.6 Å². The van der Waals surface area contributed by atoms with Crippen LogP contribution in [-0.4, -0.2) is 31.6 Å². The Morgan fingerprint density at radius 3 is 2.76 bits per heavy atom. The van der Waals surface area contributed by atoms with Crippen molar-refractivity contribution in [2.24, 2.45) is 5.92 Å². The summed E-state index contributed by atoms with van der Waals surface area (Å²) in [5.41, 5.74) is 0.903. The van der Waals surface area contributed by atoms with Crippen LogP contribution in [0.15, 0.2) is 40.8 Å². The molecule has 112 valence electrons. The van der Waals surface area contributed by atoms with Gasteiger partial charge in [0.1, 0.15) is 17.3 Å². The van der Waals surface area contributed by atoms with Gasteiger partial charge >= 0.3 is 0 Å². The Bertz CT molecular complexity index is 579. The van der Waals surface area contributed by atoms with E-state index >= 15 is 0 Å². The molecule has 2 heterocycles. The number of hydrogen-bond acceptors (Lipinski definition) is 3. The van der Waals surface area contributed by atoms with Crippen molar-refractivity contribution in [3.63, 3.8) is 0 Å². The second-order valence-corrected chi connectivity index (χ2v) is 5.82. The van der Waals surface area contributed by atoms with E-state index in [4.69, 9.17) is 4.42 Å². The van der Waals surface area contributed by atoms with Gasteiger partial charge in [0.05, 0.1) is 6.54 Å². The lowest BCUT2D eigenvalue weighted by Crippen LogP contribution is -2.24. The Hall–Kier alpha value is -1.65. The summed E-state index contributed by atoms with van der Waals surface area (Å²) in [4.78, 5) is 2.37. The third-order valence-electron chi connectivity index (χ3n) is 4.01. The molecule has 1 aliphatic heterocycles. The summed E-state index contributed by atoms with van der Waals surface area (Å²) in [6.07, 6.45) is 1.27. The Balaban J connectivity index is 1.52. The Morgan fingerprint density at radius 1 is 1.24 bits per heavy atom. The fourth-order valence-electron chi connectivity index (χ4n) is 2.83. The van der Waals surface area contributed by atoms with Gasteiger partial charge in [-0.3, -0.25) is 0 Å². The zero-order chi connectivity index (χ0) is 14.7. The molecule has 1 saturated heterocycles. The number of furan rings is 1. The monoisotopic (exact) mass is 288 g/mol. The molecule has 0 radical (unpaired) electrons. The van der Waals surface area contributed by atoms with E-state index in [-0.39, 0.29) is 5.82 Å². The normalized spacial score (nSPS) is 19.2. The SMILES string of the molecule is CN1CCC(CNCc2ccc(-c3ccc(F)cc3)o2)C1. The van der Waals surface area contributed by atoms with Gasteiger partial charge in [0.25, 0.3) is 0 Å². The maximum absolute atomic E-state index is 12.9. The van der Waals surface area contributed by atoms with Crippen molar-refractivity contribution in [1.82, 2.24) is 10.2 Å². The van der Waals surface area contributed by atoms with E-state index in [0.29, 0.717) is 0 Å². The fraction of sp³-hybridized carbons (Fsp3) is 0.412. The van der Waals surface area contributed by atoms with Crippen LogP contribution >= 0.6 is 0 Å². The van der Waals surface area contributed by atoms with Crippen molar-refractivity contribution >= 4 is 0 Å². The number of rotatable bonds is 5. The van der Waals surface area contributed by atoms with Gasteiger partial charge in [0, 0.05) is 12.1 Å². The van der Waals surface area contributed by atoms with Crippen LogP contribution in [0.4, 0.5) is 4.39 Å². The third kappa shape index (κ3) is 3.71. The van der Waals surface area contributed by atoms with E-state index in [9.17, 15) is 4.39 Å². The topological polar surface area (TPSA) is 28.4 Å². The average molecular weight is 288 g/mol. The van der Waals surface area contributed by atoms with Crippen LogP contribution in [0, 0.1) is 11.7 Å². The summed E-state index contributed by atoms with van der Waals surface area (Å²) in [5.74, 6) is 2.21. The van der Waals surface area contributed by atoms with Crippen LogP contribution in [0.2, 0.25) is 0 Å². The summed E-state index contributed by atoms with van der Waals surface area (Å²) < 4.78 is 18.7. The van der Waals surface area contributed by atoms with Crippen LogP contribution in [0.25, 0.3) is 11.3 Å². The lowest BCUT2D eigenvalue weighted by atomic mass is 10.1. The van der Waals surface area contributed by atoms with Crippen LogP contribution < -0.4 is 5.32 Å². The number of nitrogens with one attached hydrogen (secondary N) is 1. The molecule has 1 aromatic heterocycles. The smallest absolute Gasteiger partial charge is 0.134 e. The van der Waals surface area contributed by atoms with Gasteiger partial charge in [-0.1, -0.05) is 0 Å². The standard InChI is InChI=1S/C17H21FN2O/c1-20-9-8-13(12-20)10-19-11-16-6-7-17(21-16)14-2-4-15(18)5-3-14/h2-7,13,19H,8-12H2,1H3. The molecule has 4 heteroatoms. The molecular weight excluding hydrogens is 267 g/mol. The minimum Gasteiger partial charge on any atom is -0.460 e. The van der Waals surface area contributed by atoms with E-state index in [2.05, 4.69) is 17.3 Å². The van der Waals surface area contributed by atoms with Gasteiger partial charge in [-0.25, -0.2) is 4.39 Å². The minimum absolute atomic E-state index is 0.228. The van der Waals surface area contributed by atoms with Crippen LogP contribution in [0.1, 0.15) is 12.2 Å². The van der Waals surface area contributed by atoms with Gasteiger partial charge in [0.15, 0.2) is 0 Å². The summed E-state index contributed by atoms with van der Waals surface area (Å²) in [7, 11) is 2.17. The lowest BCUT2D eigenvalue weighted by Gasteiger charge is -2.10. The summed E-state index contributed by atoms with van der Waals surface area (Å²) in [6.45, 7) is 4.13. The van der Waals surface area contributed by atoms with Gasteiger partial charge in [-0.15, -0.1) is 0 Å². The van der Waals surface area contributed by atoms with Crippen LogP contribution in [-0.2, 0) is 6.54 Å². The summed E-state index contributed by atoms with van der Waals surface area (Å²) >= 11 is 0. The molecule has 1 aliphatic rings. The van der Waals surface area contributed by atoms with Crippen molar-refractivity contribution < 1.29 is 8.81 Å². The quantitative estimate of drug-likeness (QED) is 0.916. The highest BCUT2D eigenvalue weighted by Crippen LogP contribution is 2.22. The highest BCUT2D eigenvalue weighted by atomic mass is 19.1. The number of likely N-dealkylation sites (tertiary alicyclic amines) is 1. The van der Waals surface area contributed by atoms with E-state index in [1.54, 1.807) is 12.1 Å². The molecule has 1 aromatic carbocycles. The average Bonchev–Trinajstić information content (AvgIpc) is 3.09. The zero-order valence-corrected chi connectivity index (χ0v) is 12.3. The number of halogens is 1. The van der Waals surface area contributed by atoms with E-state index in [0.717, 1.165) is 36.1 Å². The molecule has 3 rings (SSSR count).